The summed E-state index contributed by atoms with van der Waals surface area (Å²) < 4.78 is 35.7. The van der Waals surface area contributed by atoms with Crippen molar-refractivity contribution in [3.05, 3.63) is 34.9 Å². The number of alkyl halides is 3. The van der Waals surface area contributed by atoms with Gasteiger partial charge in [0.1, 0.15) is 0 Å². The molecule has 66 valence electrons. The van der Waals surface area contributed by atoms with E-state index in [1.807, 2.05) is 0 Å². The standard InChI is InChI=1S/C7H4ClF3.Se/c8-6-3-1-2-5(4-6)7(9,10)11;/h1-4H;. The molecule has 1 rings (SSSR count). The molecule has 0 aliphatic heterocycles. The molecule has 0 aliphatic rings. The van der Waals surface area contributed by atoms with Crippen LogP contribution in [0.3, 0.4) is 0 Å². The Morgan fingerprint density at radius 3 is 2.08 bits per heavy atom. The van der Waals surface area contributed by atoms with E-state index in [2.05, 4.69) is 0 Å². The Labute approximate surface area is 83.2 Å². The van der Waals surface area contributed by atoms with Gasteiger partial charge in [0.25, 0.3) is 0 Å². The van der Waals surface area contributed by atoms with Gasteiger partial charge in [-0.2, -0.15) is 13.2 Å². The molecule has 0 saturated heterocycles. The van der Waals surface area contributed by atoms with E-state index in [0.29, 0.717) is 0 Å². The Balaban J connectivity index is 0.00000121. The smallest absolute Gasteiger partial charge is 0.166 e. The zero-order valence-electron chi connectivity index (χ0n) is 5.73. The second-order valence-corrected chi connectivity index (χ2v) is 2.44. The summed E-state index contributed by atoms with van der Waals surface area (Å²) in [5, 5.41) is 0.0971. The van der Waals surface area contributed by atoms with Gasteiger partial charge in [-0.25, -0.2) is 0 Å². The Kier molecular flexibility index (Phi) is 4.11. The Hall–Kier alpha value is -0.181. The van der Waals surface area contributed by atoms with E-state index in [0.717, 1.165) is 12.1 Å². The summed E-state index contributed by atoms with van der Waals surface area (Å²) in [6.45, 7) is 0. The van der Waals surface area contributed by atoms with Gasteiger partial charge in [0.05, 0.1) is 5.56 Å². The normalized spacial score (nSPS) is 10.7. The molecular formula is C7H4ClF3Se. The van der Waals surface area contributed by atoms with Gasteiger partial charge in [-0.15, -0.1) is 0 Å². The molecule has 0 amide bonds. The molecule has 0 unspecified atom stereocenters. The van der Waals surface area contributed by atoms with Gasteiger partial charge in [0.2, 0.25) is 0 Å². The number of hydrogen-bond donors (Lipinski definition) is 0. The Morgan fingerprint density at radius 1 is 1.17 bits per heavy atom. The molecule has 0 fully saturated rings. The summed E-state index contributed by atoms with van der Waals surface area (Å²) in [5.74, 6) is 0. The van der Waals surface area contributed by atoms with Crippen LogP contribution in [0.1, 0.15) is 5.56 Å². The van der Waals surface area contributed by atoms with E-state index in [1.54, 1.807) is 0 Å². The fourth-order valence-corrected chi connectivity index (χ4v) is 0.855. The molecule has 2 radical (unpaired) electrons. The van der Waals surface area contributed by atoms with E-state index in [1.165, 1.54) is 12.1 Å². The topological polar surface area (TPSA) is 0 Å². The van der Waals surface area contributed by atoms with Gasteiger partial charge in [0, 0.05) is 22.1 Å². The van der Waals surface area contributed by atoms with Crippen LogP contribution in [0, 0.1) is 0 Å². The van der Waals surface area contributed by atoms with Crippen LogP contribution in [0.5, 0.6) is 0 Å². The first-order chi connectivity index (χ1) is 5.00. The van der Waals surface area contributed by atoms with Crippen LogP contribution in [-0.2, 0) is 6.18 Å². The average molecular weight is 260 g/mol. The third-order valence-electron chi connectivity index (χ3n) is 1.15. The van der Waals surface area contributed by atoms with Crippen LogP contribution >= 0.6 is 11.6 Å². The fourth-order valence-electron chi connectivity index (χ4n) is 0.665. The molecule has 0 aromatic heterocycles. The van der Waals surface area contributed by atoms with Gasteiger partial charge < -0.3 is 0 Å². The third kappa shape index (κ3) is 3.05. The van der Waals surface area contributed by atoms with E-state index in [-0.39, 0.29) is 22.1 Å². The summed E-state index contributed by atoms with van der Waals surface area (Å²) in [6.07, 6.45) is -4.30. The molecule has 0 heterocycles. The van der Waals surface area contributed by atoms with E-state index >= 15 is 0 Å². The van der Waals surface area contributed by atoms with Crippen LogP contribution in [0.25, 0.3) is 0 Å². The van der Waals surface area contributed by atoms with Gasteiger partial charge in [-0.1, -0.05) is 17.7 Å². The van der Waals surface area contributed by atoms with Crippen LogP contribution < -0.4 is 0 Å². The molecule has 0 saturated carbocycles. The van der Waals surface area contributed by atoms with Gasteiger partial charge in [0.15, 0.2) is 0 Å². The molecule has 12 heavy (non-hydrogen) atoms. The predicted octanol–water partition coefficient (Wildman–Crippen LogP) is 2.98. The third-order valence-corrected chi connectivity index (χ3v) is 1.39. The monoisotopic (exact) mass is 260 g/mol. The molecular weight excluding hydrogens is 255 g/mol. The first kappa shape index (κ1) is 11.8. The number of benzene rings is 1. The SMILES string of the molecule is FC(F)(F)c1cccc(Cl)c1.[Se]. The molecule has 0 bridgehead atoms. The van der Waals surface area contributed by atoms with Crippen LogP contribution in [0.2, 0.25) is 5.02 Å². The summed E-state index contributed by atoms with van der Waals surface area (Å²) >= 11 is 5.35. The molecule has 0 nitrogen and oxygen atoms in total. The van der Waals surface area contributed by atoms with Crippen molar-refractivity contribution in [2.75, 3.05) is 0 Å². The zero-order chi connectivity index (χ0) is 8.48. The number of hydrogen-bond acceptors (Lipinski definition) is 0. The fraction of sp³-hybridized carbons (Fsp3) is 0.143. The molecule has 1 aromatic carbocycles. The molecule has 0 N–H and O–H groups in total. The predicted molar refractivity (Wildman–Crippen MR) is 42.2 cm³/mol. The summed E-state index contributed by atoms with van der Waals surface area (Å²) in [4.78, 5) is 0. The van der Waals surface area contributed by atoms with Gasteiger partial charge >= 0.3 is 6.18 Å². The second kappa shape index (κ2) is 4.17. The Bertz CT molecular complexity index is 259. The quantitative estimate of drug-likeness (QED) is 0.628. The Morgan fingerprint density at radius 2 is 1.75 bits per heavy atom. The van der Waals surface area contributed by atoms with Crippen molar-refractivity contribution in [1.29, 1.82) is 0 Å². The minimum absolute atomic E-state index is 0. The molecule has 0 atom stereocenters. The van der Waals surface area contributed by atoms with Crippen molar-refractivity contribution >= 4 is 28.7 Å². The first-order valence-electron chi connectivity index (χ1n) is 2.83. The molecule has 1 aromatic rings. The van der Waals surface area contributed by atoms with Crippen molar-refractivity contribution in [1.82, 2.24) is 0 Å². The van der Waals surface area contributed by atoms with Crippen molar-refractivity contribution in [3.8, 4) is 0 Å². The van der Waals surface area contributed by atoms with Crippen molar-refractivity contribution in [3.63, 3.8) is 0 Å². The largest absolute Gasteiger partial charge is 0.416 e. The summed E-state index contributed by atoms with van der Waals surface area (Å²) in [6, 6.07) is 4.54. The maximum absolute atomic E-state index is 11.9. The van der Waals surface area contributed by atoms with E-state index in [4.69, 9.17) is 11.6 Å². The minimum atomic E-state index is -4.30. The van der Waals surface area contributed by atoms with Crippen molar-refractivity contribution in [2.24, 2.45) is 0 Å². The van der Waals surface area contributed by atoms with Crippen LogP contribution in [-0.4, -0.2) is 17.1 Å². The second-order valence-electron chi connectivity index (χ2n) is 2.01. The number of halogens is 4. The van der Waals surface area contributed by atoms with E-state index < -0.39 is 11.7 Å². The maximum atomic E-state index is 11.9. The van der Waals surface area contributed by atoms with Crippen LogP contribution in [0.4, 0.5) is 13.2 Å². The van der Waals surface area contributed by atoms with Crippen LogP contribution in [0.15, 0.2) is 24.3 Å². The number of rotatable bonds is 0. The molecule has 0 spiro atoms. The van der Waals surface area contributed by atoms with Crippen molar-refractivity contribution < 1.29 is 13.2 Å². The van der Waals surface area contributed by atoms with E-state index in [9.17, 15) is 13.2 Å². The molecule has 0 aliphatic carbocycles. The van der Waals surface area contributed by atoms with Crippen molar-refractivity contribution in [2.45, 2.75) is 6.18 Å². The minimum Gasteiger partial charge on any atom is -0.166 e. The van der Waals surface area contributed by atoms with Gasteiger partial charge in [-0.05, 0) is 18.2 Å². The first-order valence-corrected chi connectivity index (χ1v) is 3.21. The zero-order valence-corrected chi connectivity index (χ0v) is 8.20. The maximum Gasteiger partial charge on any atom is 0.416 e. The van der Waals surface area contributed by atoms with Gasteiger partial charge in [-0.3, -0.25) is 0 Å². The summed E-state index contributed by atoms with van der Waals surface area (Å²) in [7, 11) is 0. The summed E-state index contributed by atoms with van der Waals surface area (Å²) in [5.41, 5.74) is -0.718. The molecule has 5 heteroatoms. The average Bonchev–Trinajstić information content (AvgIpc) is 1.86.